The Kier molecular flexibility index (Phi) is 4.83. The number of esters is 1. The van der Waals surface area contributed by atoms with Crippen LogP contribution >= 0.6 is 11.6 Å². The van der Waals surface area contributed by atoms with E-state index in [1.165, 1.54) is 0 Å². The molecule has 0 saturated heterocycles. The van der Waals surface area contributed by atoms with E-state index >= 15 is 0 Å². The van der Waals surface area contributed by atoms with Crippen molar-refractivity contribution in [1.29, 1.82) is 0 Å². The summed E-state index contributed by atoms with van der Waals surface area (Å²) in [5.41, 5.74) is -0.644. The summed E-state index contributed by atoms with van der Waals surface area (Å²) in [6.45, 7) is 8.65. The first-order valence-electron chi connectivity index (χ1n) is 7.57. The number of ether oxygens (including phenoxy) is 2. The second-order valence-corrected chi connectivity index (χ2v) is 7.27. The van der Waals surface area contributed by atoms with Crippen molar-refractivity contribution in [3.8, 4) is 0 Å². The fourth-order valence-electron chi connectivity index (χ4n) is 2.96. The minimum absolute atomic E-state index is 0.388. The van der Waals surface area contributed by atoms with Gasteiger partial charge in [0.25, 0.3) is 5.79 Å². The molecule has 1 aliphatic carbocycles. The van der Waals surface area contributed by atoms with Gasteiger partial charge in [-0.2, -0.15) is 13.2 Å². The molecule has 0 radical (unpaired) electrons. The Bertz CT molecular complexity index is 607. The Morgan fingerprint density at radius 2 is 2.12 bits per heavy atom. The smallest absolute Gasteiger partial charge is 0.426 e. The van der Waals surface area contributed by atoms with Crippen molar-refractivity contribution in [2.45, 2.75) is 45.6 Å². The molecule has 0 N–H and O–H groups in total. The molecular formula is C17H20ClF3O3. The number of hydrogen-bond donors (Lipinski definition) is 0. The summed E-state index contributed by atoms with van der Waals surface area (Å²) >= 11 is 5.28. The summed E-state index contributed by atoms with van der Waals surface area (Å²) in [5.74, 6) is -2.35. The number of hydrogen-bond acceptors (Lipinski definition) is 3. The first kappa shape index (κ1) is 18.9. The van der Waals surface area contributed by atoms with Crippen LogP contribution in [0, 0.1) is 17.3 Å². The van der Waals surface area contributed by atoms with Crippen molar-refractivity contribution in [3.63, 3.8) is 0 Å². The van der Waals surface area contributed by atoms with Crippen LogP contribution in [0.1, 0.15) is 33.6 Å². The molecule has 0 amide bonds. The normalized spacial score (nSPS) is 32.0. The van der Waals surface area contributed by atoms with Crippen LogP contribution in [0.3, 0.4) is 0 Å². The van der Waals surface area contributed by atoms with E-state index in [-0.39, 0.29) is 0 Å². The number of carbonyl (C=O) groups is 1. The van der Waals surface area contributed by atoms with E-state index in [1.54, 1.807) is 26.8 Å². The summed E-state index contributed by atoms with van der Waals surface area (Å²) in [5, 5.41) is -1.21. The summed E-state index contributed by atoms with van der Waals surface area (Å²) in [7, 11) is 0. The minimum Gasteiger partial charge on any atom is -0.457 e. The molecule has 1 unspecified atom stereocenters. The maximum Gasteiger partial charge on any atom is 0.426 e. The summed E-state index contributed by atoms with van der Waals surface area (Å²) in [6.07, 6.45) is 0.674. The molecule has 7 heteroatoms. The predicted molar refractivity (Wildman–Crippen MR) is 83.8 cm³/mol. The van der Waals surface area contributed by atoms with Crippen LogP contribution < -0.4 is 0 Å². The molecule has 0 aromatic heterocycles. The van der Waals surface area contributed by atoms with Gasteiger partial charge in [0.15, 0.2) is 0 Å². The monoisotopic (exact) mass is 364 g/mol. The number of carbonyl (C=O) groups excluding carboxylic acids is 1. The Balaban J connectivity index is 2.02. The standard InChI is InChI=1S/C17H20ClF3O3/c1-5-6-10-7-8-16(4,23-10)24-14(22)13-11(15(13,2)3)9-12(18)17(19,20)21/h5,7,9,11,13H,1,6,8H2,2-4H3/b12-9-/t11-,13-,16?/m1/s1. The lowest BCUT2D eigenvalue weighted by Crippen LogP contribution is -2.32. The molecule has 24 heavy (non-hydrogen) atoms. The average Bonchev–Trinajstić information content (AvgIpc) is 2.76. The third-order valence-electron chi connectivity index (χ3n) is 4.47. The van der Waals surface area contributed by atoms with E-state index in [9.17, 15) is 18.0 Å². The van der Waals surface area contributed by atoms with Crippen molar-refractivity contribution in [3.05, 3.63) is 35.6 Å². The Labute approximate surface area is 144 Å². The predicted octanol–water partition coefficient (Wildman–Crippen LogP) is 5.08. The van der Waals surface area contributed by atoms with E-state index in [0.717, 1.165) is 6.08 Å². The van der Waals surface area contributed by atoms with Gasteiger partial charge in [0.2, 0.25) is 0 Å². The molecule has 3 atom stereocenters. The van der Waals surface area contributed by atoms with Crippen molar-refractivity contribution < 1.29 is 27.4 Å². The van der Waals surface area contributed by atoms with Gasteiger partial charge in [0, 0.05) is 19.8 Å². The number of rotatable bonds is 5. The summed E-state index contributed by atoms with van der Waals surface area (Å²) in [6, 6.07) is 0. The SMILES string of the molecule is C=CCC1=CCC(C)(OC(=O)[C@H]2[C@@H](/C=C(\Cl)C(F)(F)F)C2(C)C)O1. The van der Waals surface area contributed by atoms with E-state index < -0.39 is 40.2 Å². The van der Waals surface area contributed by atoms with Gasteiger partial charge < -0.3 is 9.47 Å². The van der Waals surface area contributed by atoms with Gasteiger partial charge in [-0.1, -0.05) is 37.6 Å². The van der Waals surface area contributed by atoms with Crippen LogP contribution in [0.25, 0.3) is 0 Å². The highest BCUT2D eigenvalue weighted by atomic mass is 35.5. The molecule has 3 nitrogen and oxygen atoms in total. The van der Waals surface area contributed by atoms with Gasteiger partial charge in [0.05, 0.1) is 5.92 Å². The quantitative estimate of drug-likeness (QED) is 0.504. The third-order valence-corrected chi connectivity index (χ3v) is 4.81. The van der Waals surface area contributed by atoms with Crippen LogP contribution in [0.15, 0.2) is 35.6 Å². The molecular weight excluding hydrogens is 345 g/mol. The molecule has 134 valence electrons. The lowest BCUT2D eigenvalue weighted by molar-refractivity contribution is -0.203. The molecule has 0 aromatic carbocycles. The Hall–Kier alpha value is -1.43. The first-order valence-corrected chi connectivity index (χ1v) is 7.95. The Morgan fingerprint density at radius 3 is 2.67 bits per heavy atom. The van der Waals surface area contributed by atoms with Gasteiger partial charge in [-0.05, 0) is 17.4 Å². The van der Waals surface area contributed by atoms with E-state index in [0.29, 0.717) is 18.6 Å². The molecule has 1 saturated carbocycles. The fraction of sp³-hybridized carbons (Fsp3) is 0.588. The second-order valence-electron chi connectivity index (χ2n) is 6.86. The highest BCUT2D eigenvalue weighted by Crippen LogP contribution is 2.61. The molecule has 1 heterocycles. The summed E-state index contributed by atoms with van der Waals surface area (Å²) < 4.78 is 48.7. The fourth-order valence-corrected chi connectivity index (χ4v) is 3.09. The van der Waals surface area contributed by atoms with Gasteiger partial charge in [-0.15, -0.1) is 6.58 Å². The molecule has 2 aliphatic rings. The topological polar surface area (TPSA) is 35.5 Å². The van der Waals surface area contributed by atoms with E-state index in [1.807, 2.05) is 6.08 Å². The van der Waals surface area contributed by atoms with Crippen molar-refractivity contribution >= 4 is 17.6 Å². The average molecular weight is 365 g/mol. The third kappa shape index (κ3) is 3.79. The van der Waals surface area contributed by atoms with Gasteiger partial charge in [-0.25, -0.2) is 0 Å². The zero-order chi connectivity index (χ0) is 18.3. The second kappa shape index (κ2) is 6.14. The van der Waals surface area contributed by atoms with Gasteiger partial charge >= 0.3 is 12.1 Å². The highest BCUT2D eigenvalue weighted by molar-refractivity contribution is 6.30. The first-order chi connectivity index (χ1) is 10.9. The van der Waals surface area contributed by atoms with Crippen LogP contribution in [0.5, 0.6) is 0 Å². The minimum atomic E-state index is -4.61. The number of allylic oxidation sites excluding steroid dienone is 3. The van der Waals surface area contributed by atoms with Crippen LogP contribution in [-0.2, 0) is 14.3 Å². The lowest BCUT2D eigenvalue weighted by atomic mass is 10.1. The summed E-state index contributed by atoms with van der Waals surface area (Å²) in [4.78, 5) is 12.4. The zero-order valence-electron chi connectivity index (χ0n) is 13.7. The largest absolute Gasteiger partial charge is 0.457 e. The highest BCUT2D eigenvalue weighted by Gasteiger charge is 2.63. The van der Waals surface area contributed by atoms with Gasteiger partial charge in [-0.3, -0.25) is 4.79 Å². The molecule has 1 fully saturated rings. The van der Waals surface area contributed by atoms with Crippen molar-refractivity contribution in [1.82, 2.24) is 0 Å². The zero-order valence-corrected chi connectivity index (χ0v) is 14.5. The van der Waals surface area contributed by atoms with Gasteiger partial charge in [0.1, 0.15) is 10.8 Å². The van der Waals surface area contributed by atoms with Crippen LogP contribution in [-0.4, -0.2) is 17.9 Å². The van der Waals surface area contributed by atoms with E-state index in [2.05, 4.69) is 6.58 Å². The molecule has 0 spiro atoms. The van der Waals surface area contributed by atoms with Crippen molar-refractivity contribution in [2.24, 2.45) is 17.3 Å². The maximum absolute atomic E-state index is 12.6. The number of halogens is 4. The lowest BCUT2D eigenvalue weighted by Gasteiger charge is -2.25. The Morgan fingerprint density at radius 1 is 1.50 bits per heavy atom. The maximum atomic E-state index is 12.6. The molecule has 0 aromatic rings. The molecule has 2 rings (SSSR count). The van der Waals surface area contributed by atoms with E-state index in [4.69, 9.17) is 21.1 Å². The van der Waals surface area contributed by atoms with Crippen LogP contribution in [0.2, 0.25) is 0 Å². The van der Waals surface area contributed by atoms with Crippen molar-refractivity contribution in [2.75, 3.05) is 0 Å². The van der Waals surface area contributed by atoms with Crippen LogP contribution in [0.4, 0.5) is 13.2 Å². The molecule has 0 bridgehead atoms. The number of alkyl halides is 3. The molecule has 1 aliphatic heterocycles.